The average molecular weight is 178 g/mol. The standard InChI is InChI=1S/C10H8ClN/c1-8(6-7-12)9-4-2-3-5-10(9)11/h2-6H,1H3/b8-6-. The van der Waals surface area contributed by atoms with Crippen molar-refractivity contribution < 1.29 is 0 Å². The van der Waals surface area contributed by atoms with E-state index in [1.165, 1.54) is 6.08 Å². The largest absolute Gasteiger partial charge is 0.193 e. The van der Waals surface area contributed by atoms with E-state index in [4.69, 9.17) is 16.9 Å². The molecule has 0 aliphatic rings. The zero-order valence-electron chi connectivity index (χ0n) is 6.71. The lowest BCUT2D eigenvalue weighted by Gasteiger charge is -2.01. The van der Waals surface area contributed by atoms with Crippen LogP contribution in [0.15, 0.2) is 30.3 Å². The second-order valence-electron chi connectivity index (χ2n) is 2.44. The van der Waals surface area contributed by atoms with Crippen molar-refractivity contribution in [1.29, 1.82) is 5.26 Å². The van der Waals surface area contributed by atoms with Crippen LogP contribution in [0.2, 0.25) is 5.02 Å². The smallest absolute Gasteiger partial charge is 0.0915 e. The van der Waals surface area contributed by atoms with Gasteiger partial charge in [-0.15, -0.1) is 0 Å². The number of hydrogen-bond acceptors (Lipinski definition) is 1. The van der Waals surface area contributed by atoms with Gasteiger partial charge in [-0.1, -0.05) is 29.8 Å². The summed E-state index contributed by atoms with van der Waals surface area (Å²) < 4.78 is 0. The summed E-state index contributed by atoms with van der Waals surface area (Å²) in [5, 5.41) is 9.10. The Labute approximate surface area is 76.9 Å². The lowest BCUT2D eigenvalue weighted by Crippen LogP contribution is -1.79. The fraction of sp³-hybridized carbons (Fsp3) is 0.100. The molecule has 0 spiro atoms. The molecule has 1 rings (SSSR count). The summed E-state index contributed by atoms with van der Waals surface area (Å²) in [5.74, 6) is 0. The number of halogens is 1. The van der Waals surface area contributed by atoms with Crippen molar-refractivity contribution in [2.75, 3.05) is 0 Å². The number of nitrogens with zero attached hydrogens (tertiary/aromatic N) is 1. The van der Waals surface area contributed by atoms with Gasteiger partial charge in [0, 0.05) is 11.1 Å². The van der Waals surface area contributed by atoms with Gasteiger partial charge in [0.2, 0.25) is 0 Å². The topological polar surface area (TPSA) is 23.8 Å². The molecule has 60 valence electrons. The molecule has 0 bridgehead atoms. The van der Waals surface area contributed by atoms with Gasteiger partial charge in [0.15, 0.2) is 0 Å². The molecule has 0 atom stereocenters. The lowest BCUT2D eigenvalue weighted by atomic mass is 10.1. The SMILES string of the molecule is C/C(=C/C#N)c1ccccc1Cl. The molecule has 0 saturated carbocycles. The van der Waals surface area contributed by atoms with Crippen LogP contribution in [0.1, 0.15) is 12.5 Å². The Hall–Kier alpha value is -1.26. The van der Waals surface area contributed by atoms with Gasteiger partial charge in [0.1, 0.15) is 0 Å². The van der Waals surface area contributed by atoms with Crippen molar-refractivity contribution in [3.05, 3.63) is 40.9 Å². The molecule has 0 unspecified atom stereocenters. The van der Waals surface area contributed by atoms with Crippen LogP contribution >= 0.6 is 11.6 Å². The summed E-state index contributed by atoms with van der Waals surface area (Å²) >= 11 is 5.90. The molecule has 0 fully saturated rings. The highest BCUT2D eigenvalue weighted by atomic mass is 35.5. The zero-order valence-corrected chi connectivity index (χ0v) is 7.47. The summed E-state index contributed by atoms with van der Waals surface area (Å²) in [6, 6.07) is 9.44. The molecular formula is C10H8ClN. The van der Waals surface area contributed by atoms with Crippen LogP contribution in [-0.2, 0) is 0 Å². The number of rotatable bonds is 1. The second kappa shape index (κ2) is 3.94. The molecule has 0 radical (unpaired) electrons. The van der Waals surface area contributed by atoms with E-state index in [0.29, 0.717) is 5.02 Å². The van der Waals surface area contributed by atoms with Gasteiger partial charge in [0.25, 0.3) is 0 Å². The molecule has 0 heterocycles. The van der Waals surface area contributed by atoms with E-state index in [1.807, 2.05) is 37.3 Å². The molecule has 12 heavy (non-hydrogen) atoms. The first-order valence-corrected chi connectivity index (χ1v) is 3.95. The first-order valence-electron chi connectivity index (χ1n) is 3.57. The minimum atomic E-state index is 0.682. The van der Waals surface area contributed by atoms with Crippen molar-refractivity contribution in [3.8, 4) is 6.07 Å². The van der Waals surface area contributed by atoms with Crippen molar-refractivity contribution in [3.63, 3.8) is 0 Å². The third-order valence-electron chi connectivity index (χ3n) is 1.58. The fourth-order valence-corrected chi connectivity index (χ4v) is 1.24. The maximum atomic E-state index is 8.42. The van der Waals surface area contributed by atoms with E-state index in [0.717, 1.165) is 11.1 Å². The molecular weight excluding hydrogens is 170 g/mol. The molecule has 0 aliphatic heterocycles. The van der Waals surface area contributed by atoms with Crippen LogP contribution < -0.4 is 0 Å². The first-order chi connectivity index (χ1) is 5.75. The predicted molar refractivity (Wildman–Crippen MR) is 50.7 cm³/mol. The highest BCUT2D eigenvalue weighted by Crippen LogP contribution is 2.22. The average Bonchev–Trinajstić information content (AvgIpc) is 2.05. The summed E-state index contributed by atoms with van der Waals surface area (Å²) in [6.07, 6.45) is 1.49. The van der Waals surface area contributed by atoms with Gasteiger partial charge in [-0.3, -0.25) is 0 Å². The molecule has 0 amide bonds. The van der Waals surface area contributed by atoms with Crippen molar-refractivity contribution in [2.45, 2.75) is 6.92 Å². The third-order valence-corrected chi connectivity index (χ3v) is 1.91. The van der Waals surface area contributed by atoms with Crippen molar-refractivity contribution in [2.24, 2.45) is 0 Å². The van der Waals surface area contributed by atoms with Crippen LogP contribution in [0.25, 0.3) is 5.57 Å². The van der Waals surface area contributed by atoms with Crippen LogP contribution in [-0.4, -0.2) is 0 Å². The minimum Gasteiger partial charge on any atom is -0.193 e. The number of allylic oxidation sites excluding steroid dienone is 2. The Balaban J connectivity index is 3.13. The summed E-state index contributed by atoms with van der Waals surface area (Å²) in [7, 11) is 0. The Morgan fingerprint density at radius 2 is 2.17 bits per heavy atom. The van der Waals surface area contributed by atoms with Gasteiger partial charge in [-0.2, -0.15) is 5.26 Å². The van der Waals surface area contributed by atoms with Crippen LogP contribution in [0.3, 0.4) is 0 Å². The van der Waals surface area contributed by atoms with Gasteiger partial charge in [-0.25, -0.2) is 0 Å². The summed E-state index contributed by atoms with van der Waals surface area (Å²) in [4.78, 5) is 0. The maximum Gasteiger partial charge on any atom is 0.0915 e. The molecule has 1 nitrogen and oxygen atoms in total. The summed E-state index contributed by atoms with van der Waals surface area (Å²) in [6.45, 7) is 1.87. The minimum absolute atomic E-state index is 0.682. The maximum absolute atomic E-state index is 8.42. The van der Waals surface area contributed by atoms with Crippen LogP contribution in [0, 0.1) is 11.3 Å². The molecule has 1 aromatic rings. The van der Waals surface area contributed by atoms with E-state index >= 15 is 0 Å². The van der Waals surface area contributed by atoms with Gasteiger partial charge >= 0.3 is 0 Å². The summed E-state index contributed by atoms with van der Waals surface area (Å²) in [5.41, 5.74) is 1.81. The molecule has 0 N–H and O–H groups in total. The molecule has 0 aromatic heterocycles. The Morgan fingerprint density at radius 3 is 2.75 bits per heavy atom. The first kappa shape index (κ1) is 8.83. The second-order valence-corrected chi connectivity index (χ2v) is 2.84. The molecule has 1 aromatic carbocycles. The normalized spacial score (nSPS) is 10.9. The molecule has 2 heteroatoms. The Kier molecular flexibility index (Phi) is 2.90. The van der Waals surface area contributed by atoms with Gasteiger partial charge < -0.3 is 0 Å². The van der Waals surface area contributed by atoms with Gasteiger partial charge in [-0.05, 0) is 24.1 Å². The lowest BCUT2D eigenvalue weighted by molar-refractivity contribution is 1.52. The predicted octanol–water partition coefficient (Wildman–Crippen LogP) is 3.27. The zero-order chi connectivity index (χ0) is 8.97. The molecule has 0 aliphatic carbocycles. The highest BCUT2D eigenvalue weighted by molar-refractivity contribution is 6.32. The number of benzene rings is 1. The van der Waals surface area contributed by atoms with Crippen LogP contribution in [0.4, 0.5) is 0 Å². The number of hydrogen-bond donors (Lipinski definition) is 0. The Morgan fingerprint density at radius 1 is 1.50 bits per heavy atom. The quantitative estimate of drug-likeness (QED) is 0.604. The monoisotopic (exact) mass is 177 g/mol. The number of nitriles is 1. The van der Waals surface area contributed by atoms with Crippen molar-refractivity contribution in [1.82, 2.24) is 0 Å². The Bertz CT molecular complexity index is 347. The van der Waals surface area contributed by atoms with E-state index in [2.05, 4.69) is 0 Å². The highest BCUT2D eigenvalue weighted by Gasteiger charge is 1.99. The third kappa shape index (κ3) is 1.87. The molecule has 0 saturated heterocycles. The van der Waals surface area contributed by atoms with E-state index < -0.39 is 0 Å². The van der Waals surface area contributed by atoms with E-state index in [-0.39, 0.29) is 0 Å². The van der Waals surface area contributed by atoms with Crippen molar-refractivity contribution >= 4 is 17.2 Å². The fourth-order valence-electron chi connectivity index (χ4n) is 0.956. The van der Waals surface area contributed by atoms with Crippen LogP contribution in [0.5, 0.6) is 0 Å². The van der Waals surface area contributed by atoms with Gasteiger partial charge in [0.05, 0.1) is 6.07 Å². The van der Waals surface area contributed by atoms with E-state index in [1.54, 1.807) is 0 Å². The van der Waals surface area contributed by atoms with E-state index in [9.17, 15) is 0 Å².